The summed E-state index contributed by atoms with van der Waals surface area (Å²) in [5.74, 6) is -1.14. The fraction of sp³-hybridized carbons (Fsp3) is 0.263. The molecule has 1 unspecified atom stereocenters. The van der Waals surface area contributed by atoms with E-state index in [9.17, 15) is 14.7 Å². The van der Waals surface area contributed by atoms with Gasteiger partial charge in [0.05, 0.1) is 10.6 Å². The van der Waals surface area contributed by atoms with E-state index in [-0.39, 0.29) is 5.91 Å². The van der Waals surface area contributed by atoms with Crippen LogP contribution in [0.1, 0.15) is 35.7 Å². The molecule has 0 fully saturated rings. The highest BCUT2D eigenvalue weighted by atomic mass is 35.5. The Bertz CT molecular complexity index is 749. The van der Waals surface area contributed by atoms with Crippen molar-refractivity contribution in [3.05, 3.63) is 64.7 Å². The number of aliphatic carboxylic acids is 1. The molecule has 6 heteroatoms. The number of nitrogens with one attached hydrogen (secondary N) is 2. The topological polar surface area (TPSA) is 78.4 Å². The molecular weight excluding hydrogens is 340 g/mol. The minimum atomic E-state index is -0.856. The second-order valence-electron chi connectivity index (χ2n) is 5.69. The van der Waals surface area contributed by atoms with Gasteiger partial charge in [0.15, 0.2) is 0 Å². The van der Waals surface area contributed by atoms with Crippen LogP contribution in [0.25, 0.3) is 0 Å². The van der Waals surface area contributed by atoms with Crippen LogP contribution >= 0.6 is 11.6 Å². The Kier molecular flexibility index (Phi) is 6.98. The maximum atomic E-state index is 12.3. The lowest BCUT2D eigenvalue weighted by molar-refractivity contribution is -0.139. The number of rotatable bonds is 8. The average molecular weight is 361 g/mol. The Morgan fingerprint density at radius 3 is 2.60 bits per heavy atom. The van der Waals surface area contributed by atoms with Crippen LogP contribution in [0.15, 0.2) is 48.5 Å². The Labute approximate surface area is 152 Å². The van der Waals surface area contributed by atoms with Crippen molar-refractivity contribution in [2.75, 3.05) is 5.32 Å². The molecule has 0 saturated heterocycles. The highest BCUT2D eigenvalue weighted by Crippen LogP contribution is 2.18. The Morgan fingerprint density at radius 1 is 1.16 bits per heavy atom. The summed E-state index contributed by atoms with van der Waals surface area (Å²) in [4.78, 5) is 23.5. The Balaban J connectivity index is 2.02. The number of anilines is 1. The van der Waals surface area contributed by atoms with Crippen molar-refractivity contribution in [1.29, 1.82) is 0 Å². The third-order valence-electron chi connectivity index (χ3n) is 3.73. The number of benzene rings is 2. The van der Waals surface area contributed by atoms with E-state index in [0.717, 1.165) is 12.0 Å². The molecule has 2 rings (SSSR count). The number of carbonyl (C=O) groups is 2. The van der Waals surface area contributed by atoms with Crippen molar-refractivity contribution in [3.8, 4) is 0 Å². The highest BCUT2D eigenvalue weighted by Gasteiger charge is 2.15. The number of carboxylic acid groups (broad SMARTS) is 1. The molecule has 0 bridgehead atoms. The van der Waals surface area contributed by atoms with Crippen LogP contribution in [0.5, 0.6) is 0 Å². The monoisotopic (exact) mass is 360 g/mol. The van der Waals surface area contributed by atoms with Crippen LogP contribution in [-0.2, 0) is 11.3 Å². The van der Waals surface area contributed by atoms with Crippen LogP contribution in [-0.4, -0.2) is 23.0 Å². The molecule has 1 amide bonds. The van der Waals surface area contributed by atoms with Gasteiger partial charge in [0, 0.05) is 12.2 Å². The van der Waals surface area contributed by atoms with Crippen molar-refractivity contribution in [2.24, 2.45) is 0 Å². The van der Waals surface area contributed by atoms with Gasteiger partial charge in [-0.1, -0.05) is 49.2 Å². The Morgan fingerprint density at radius 2 is 1.92 bits per heavy atom. The van der Waals surface area contributed by atoms with Gasteiger partial charge in [-0.25, -0.2) is 0 Å². The molecule has 0 aliphatic rings. The second kappa shape index (κ2) is 9.20. The van der Waals surface area contributed by atoms with Gasteiger partial charge in [0.1, 0.15) is 6.04 Å². The molecule has 0 spiro atoms. The molecule has 3 N–H and O–H groups in total. The zero-order valence-corrected chi connectivity index (χ0v) is 14.7. The van der Waals surface area contributed by atoms with Crippen molar-refractivity contribution in [3.63, 3.8) is 0 Å². The third kappa shape index (κ3) is 5.59. The van der Waals surface area contributed by atoms with E-state index in [1.807, 2.05) is 25.1 Å². The maximum absolute atomic E-state index is 12.3. The smallest absolute Gasteiger partial charge is 0.320 e. The predicted octanol–water partition coefficient (Wildman–Crippen LogP) is 3.94. The van der Waals surface area contributed by atoms with Gasteiger partial charge in [-0.05, 0) is 36.2 Å². The number of carbonyl (C=O) groups excluding carboxylic acids is 1. The first-order chi connectivity index (χ1) is 12.0. The lowest BCUT2D eigenvalue weighted by atomic mass is 10.1. The van der Waals surface area contributed by atoms with E-state index < -0.39 is 12.0 Å². The van der Waals surface area contributed by atoms with E-state index >= 15 is 0 Å². The molecule has 2 aromatic rings. The second-order valence-corrected chi connectivity index (χ2v) is 6.10. The summed E-state index contributed by atoms with van der Waals surface area (Å²) < 4.78 is 0. The van der Waals surface area contributed by atoms with Gasteiger partial charge in [-0.2, -0.15) is 0 Å². The molecule has 2 aromatic carbocycles. The number of halogens is 1. The average Bonchev–Trinajstić information content (AvgIpc) is 2.59. The summed E-state index contributed by atoms with van der Waals surface area (Å²) >= 11 is 6.03. The number of amides is 1. The first-order valence-corrected chi connectivity index (χ1v) is 8.50. The van der Waals surface area contributed by atoms with E-state index in [1.54, 1.807) is 30.3 Å². The summed E-state index contributed by atoms with van der Waals surface area (Å²) in [7, 11) is 0. The summed E-state index contributed by atoms with van der Waals surface area (Å²) in [6.07, 6.45) is 1.36. The lowest BCUT2D eigenvalue weighted by Crippen LogP contribution is -2.36. The van der Waals surface area contributed by atoms with Crippen molar-refractivity contribution >= 4 is 29.2 Å². The van der Waals surface area contributed by atoms with E-state index in [4.69, 9.17) is 11.6 Å². The molecule has 0 radical (unpaired) electrons. The summed E-state index contributed by atoms with van der Waals surface area (Å²) in [6.45, 7) is 2.36. The van der Waals surface area contributed by atoms with Gasteiger partial charge in [-0.15, -0.1) is 0 Å². The minimum Gasteiger partial charge on any atom is -0.480 e. The molecule has 0 saturated carbocycles. The fourth-order valence-electron chi connectivity index (χ4n) is 2.45. The molecule has 0 aliphatic carbocycles. The van der Waals surface area contributed by atoms with Crippen LogP contribution < -0.4 is 10.6 Å². The van der Waals surface area contributed by atoms with Crippen LogP contribution in [0.2, 0.25) is 5.02 Å². The first kappa shape index (κ1) is 19.0. The molecule has 1 atom stereocenters. The van der Waals surface area contributed by atoms with E-state index in [0.29, 0.717) is 29.2 Å². The first-order valence-electron chi connectivity index (χ1n) is 8.12. The maximum Gasteiger partial charge on any atom is 0.320 e. The Hall–Kier alpha value is -2.37. The van der Waals surface area contributed by atoms with Gasteiger partial charge in [0.25, 0.3) is 5.91 Å². The highest BCUT2D eigenvalue weighted by molar-refractivity contribution is 6.34. The van der Waals surface area contributed by atoms with Gasteiger partial charge >= 0.3 is 5.97 Å². The molecule has 0 heterocycles. The zero-order chi connectivity index (χ0) is 18.2. The normalized spacial score (nSPS) is 11.8. The van der Waals surface area contributed by atoms with Gasteiger partial charge in [-0.3, -0.25) is 9.59 Å². The van der Waals surface area contributed by atoms with Crippen molar-refractivity contribution in [2.45, 2.75) is 32.4 Å². The molecule has 25 heavy (non-hydrogen) atoms. The SMILES string of the molecule is CCCC(NCc1cccc(NC(=O)c2ccccc2Cl)c1)C(=O)O. The molecule has 5 nitrogen and oxygen atoms in total. The zero-order valence-electron chi connectivity index (χ0n) is 14.0. The number of hydrogen-bond donors (Lipinski definition) is 3. The van der Waals surface area contributed by atoms with Gasteiger partial charge in [0.2, 0.25) is 0 Å². The lowest BCUT2D eigenvalue weighted by Gasteiger charge is -2.14. The number of carboxylic acids is 1. The quantitative estimate of drug-likeness (QED) is 0.666. The molecule has 0 aromatic heterocycles. The molecular formula is C19H21ClN2O3. The number of hydrogen-bond acceptors (Lipinski definition) is 3. The van der Waals surface area contributed by atoms with Crippen molar-refractivity contribution in [1.82, 2.24) is 5.32 Å². The minimum absolute atomic E-state index is 0.287. The molecule has 132 valence electrons. The van der Waals surface area contributed by atoms with Crippen molar-refractivity contribution < 1.29 is 14.7 Å². The van der Waals surface area contributed by atoms with Crippen LogP contribution in [0.3, 0.4) is 0 Å². The van der Waals surface area contributed by atoms with Crippen LogP contribution in [0.4, 0.5) is 5.69 Å². The standard InChI is InChI=1S/C19H21ClN2O3/c1-2-6-17(19(24)25)21-12-13-7-5-8-14(11-13)22-18(23)15-9-3-4-10-16(15)20/h3-5,7-11,17,21H,2,6,12H2,1H3,(H,22,23)(H,24,25). The van der Waals surface area contributed by atoms with Gasteiger partial charge < -0.3 is 15.7 Å². The van der Waals surface area contributed by atoms with E-state index in [1.165, 1.54) is 0 Å². The summed E-state index contributed by atoms with van der Waals surface area (Å²) in [5, 5.41) is 15.4. The predicted molar refractivity (Wildman–Crippen MR) is 99.0 cm³/mol. The van der Waals surface area contributed by atoms with Crippen LogP contribution in [0, 0.1) is 0 Å². The summed E-state index contributed by atoms with van der Waals surface area (Å²) in [6, 6.07) is 13.5. The summed E-state index contributed by atoms with van der Waals surface area (Å²) in [5.41, 5.74) is 1.92. The largest absolute Gasteiger partial charge is 0.480 e. The third-order valence-corrected chi connectivity index (χ3v) is 4.06. The fourth-order valence-corrected chi connectivity index (χ4v) is 2.67. The van der Waals surface area contributed by atoms with E-state index in [2.05, 4.69) is 10.6 Å². The molecule has 0 aliphatic heterocycles.